The normalized spacial score (nSPS) is 20.9. The Morgan fingerprint density at radius 3 is 3.24 bits per heavy atom. The van der Waals surface area contributed by atoms with E-state index >= 15 is 0 Å². The molecule has 1 N–H and O–H groups in total. The molecule has 94 valence electrons. The number of rotatable bonds is 5. The van der Waals surface area contributed by atoms with Crippen molar-refractivity contribution >= 4 is 17.3 Å². The average Bonchev–Trinajstić information content (AvgIpc) is 2.89. The van der Waals surface area contributed by atoms with Crippen molar-refractivity contribution in [3.8, 4) is 0 Å². The molecule has 0 amide bonds. The van der Waals surface area contributed by atoms with Crippen molar-refractivity contribution < 1.29 is 9.90 Å². The van der Waals surface area contributed by atoms with E-state index < -0.39 is 5.97 Å². The number of likely N-dealkylation sites (tertiary alicyclic amines) is 1. The molecule has 2 heterocycles. The Morgan fingerprint density at radius 1 is 1.71 bits per heavy atom. The average molecular weight is 254 g/mol. The summed E-state index contributed by atoms with van der Waals surface area (Å²) in [5, 5.41) is 12.3. The van der Waals surface area contributed by atoms with Crippen LogP contribution in [0.5, 0.6) is 0 Å². The molecule has 1 aromatic rings. The van der Waals surface area contributed by atoms with Gasteiger partial charge >= 0.3 is 5.97 Å². The van der Waals surface area contributed by atoms with Crippen molar-refractivity contribution in [2.75, 3.05) is 6.54 Å². The molecule has 1 saturated heterocycles. The number of hydrogen-bond donors (Lipinski definition) is 1. The molecule has 2 rings (SSSR count). The first kappa shape index (κ1) is 12.5. The summed E-state index contributed by atoms with van der Waals surface area (Å²) in [6.45, 7) is 3.69. The van der Waals surface area contributed by atoms with Crippen LogP contribution in [0, 0.1) is 0 Å². The highest BCUT2D eigenvalue weighted by atomic mass is 32.1. The SMILES string of the molecule is CCCc1nc(CN2CCC[C@@H]2C(=O)O)cs1. The Kier molecular flexibility index (Phi) is 4.12. The van der Waals surface area contributed by atoms with Gasteiger partial charge in [-0.25, -0.2) is 4.98 Å². The Bertz CT molecular complexity index is 392. The van der Waals surface area contributed by atoms with Gasteiger partial charge in [0.2, 0.25) is 0 Å². The minimum atomic E-state index is -0.702. The third kappa shape index (κ3) is 3.04. The topological polar surface area (TPSA) is 53.4 Å². The number of carboxylic acids is 1. The third-order valence-corrected chi connectivity index (χ3v) is 4.03. The van der Waals surface area contributed by atoms with Crippen molar-refractivity contribution in [2.45, 2.75) is 45.2 Å². The first-order valence-electron chi connectivity index (χ1n) is 6.11. The van der Waals surface area contributed by atoms with E-state index in [1.807, 2.05) is 4.90 Å². The highest BCUT2D eigenvalue weighted by molar-refractivity contribution is 7.09. The highest BCUT2D eigenvalue weighted by Gasteiger charge is 2.30. The second-order valence-corrected chi connectivity index (χ2v) is 5.39. The van der Waals surface area contributed by atoms with E-state index in [0.29, 0.717) is 6.54 Å². The fourth-order valence-corrected chi connectivity index (χ4v) is 3.14. The number of nitrogens with zero attached hydrogens (tertiary/aromatic N) is 2. The molecule has 0 aromatic carbocycles. The van der Waals surface area contributed by atoms with Crippen molar-refractivity contribution in [3.05, 3.63) is 16.1 Å². The van der Waals surface area contributed by atoms with Crippen molar-refractivity contribution in [1.29, 1.82) is 0 Å². The number of aliphatic carboxylic acids is 1. The first-order chi connectivity index (χ1) is 8.20. The minimum absolute atomic E-state index is 0.314. The molecule has 1 fully saturated rings. The molecule has 1 aromatic heterocycles. The van der Waals surface area contributed by atoms with E-state index in [4.69, 9.17) is 5.11 Å². The van der Waals surface area contributed by atoms with Crippen molar-refractivity contribution in [2.24, 2.45) is 0 Å². The van der Waals surface area contributed by atoms with E-state index in [2.05, 4.69) is 17.3 Å². The van der Waals surface area contributed by atoms with Gasteiger partial charge in [-0.2, -0.15) is 0 Å². The summed E-state index contributed by atoms with van der Waals surface area (Å²) < 4.78 is 0. The zero-order valence-corrected chi connectivity index (χ0v) is 10.9. The van der Waals surface area contributed by atoms with Gasteiger partial charge in [-0.3, -0.25) is 9.69 Å². The molecule has 5 heteroatoms. The fraction of sp³-hybridized carbons (Fsp3) is 0.667. The van der Waals surface area contributed by atoms with Gasteiger partial charge in [0.1, 0.15) is 6.04 Å². The zero-order chi connectivity index (χ0) is 12.3. The molecule has 1 aliphatic rings. The van der Waals surface area contributed by atoms with Gasteiger partial charge < -0.3 is 5.11 Å². The van der Waals surface area contributed by atoms with Crippen LogP contribution in [0.25, 0.3) is 0 Å². The Balaban J connectivity index is 1.97. The Labute approximate surface area is 105 Å². The largest absolute Gasteiger partial charge is 0.480 e. The van der Waals surface area contributed by atoms with Crippen LogP contribution >= 0.6 is 11.3 Å². The lowest BCUT2D eigenvalue weighted by atomic mass is 10.2. The van der Waals surface area contributed by atoms with Gasteiger partial charge in [0.15, 0.2) is 0 Å². The first-order valence-corrected chi connectivity index (χ1v) is 6.98. The van der Waals surface area contributed by atoms with E-state index in [-0.39, 0.29) is 6.04 Å². The number of carbonyl (C=O) groups is 1. The van der Waals surface area contributed by atoms with Crippen LogP contribution in [0.2, 0.25) is 0 Å². The summed E-state index contributed by atoms with van der Waals surface area (Å²) >= 11 is 1.68. The molecule has 1 atom stereocenters. The molecule has 0 saturated carbocycles. The predicted octanol–water partition coefficient (Wildman–Crippen LogP) is 2.14. The number of aryl methyl sites for hydroxylation is 1. The fourth-order valence-electron chi connectivity index (χ4n) is 2.25. The lowest BCUT2D eigenvalue weighted by Gasteiger charge is -2.19. The van der Waals surface area contributed by atoms with Crippen LogP contribution < -0.4 is 0 Å². The molecule has 4 nitrogen and oxygen atoms in total. The quantitative estimate of drug-likeness (QED) is 0.874. The molecule has 1 aliphatic heterocycles. The van der Waals surface area contributed by atoms with E-state index in [0.717, 1.165) is 42.9 Å². The highest BCUT2D eigenvalue weighted by Crippen LogP contribution is 2.21. The standard InChI is InChI=1S/C12H18N2O2S/c1-2-4-11-13-9(8-17-11)7-14-6-3-5-10(14)12(15)16/h8,10H,2-7H2,1H3,(H,15,16)/t10-/m1/s1. The second kappa shape index (κ2) is 5.60. The molecular weight excluding hydrogens is 236 g/mol. The van der Waals surface area contributed by atoms with Gasteiger partial charge in [0.05, 0.1) is 10.7 Å². The number of thiazole rings is 1. The Morgan fingerprint density at radius 2 is 2.53 bits per heavy atom. The molecule has 0 radical (unpaired) electrons. The molecule has 0 aliphatic carbocycles. The van der Waals surface area contributed by atoms with E-state index in [9.17, 15) is 4.79 Å². The van der Waals surface area contributed by atoms with Crippen molar-refractivity contribution in [1.82, 2.24) is 9.88 Å². The predicted molar refractivity (Wildman–Crippen MR) is 67.2 cm³/mol. The van der Waals surface area contributed by atoms with Crippen molar-refractivity contribution in [3.63, 3.8) is 0 Å². The second-order valence-electron chi connectivity index (χ2n) is 4.45. The zero-order valence-electron chi connectivity index (χ0n) is 10.1. The van der Waals surface area contributed by atoms with Gasteiger partial charge in [-0.15, -0.1) is 11.3 Å². The maximum atomic E-state index is 11.1. The summed E-state index contributed by atoms with van der Waals surface area (Å²) in [5.41, 5.74) is 1.02. The maximum absolute atomic E-state index is 11.1. The maximum Gasteiger partial charge on any atom is 0.320 e. The van der Waals surface area contributed by atoms with Crippen LogP contribution in [0.1, 0.15) is 36.9 Å². The molecular formula is C12H18N2O2S. The smallest absolute Gasteiger partial charge is 0.320 e. The number of aromatic nitrogens is 1. The molecule has 0 spiro atoms. The Hall–Kier alpha value is -0.940. The minimum Gasteiger partial charge on any atom is -0.480 e. The summed E-state index contributed by atoms with van der Waals surface area (Å²) in [4.78, 5) is 17.6. The lowest BCUT2D eigenvalue weighted by molar-refractivity contribution is -0.142. The van der Waals surface area contributed by atoms with Gasteiger partial charge in [0, 0.05) is 11.9 Å². The summed E-state index contributed by atoms with van der Waals surface area (Å²) in [5.74, 6) is -0.702. The van der Waals surface area contributed by atoms with Gasteiger partial charge in [0.25, 0.3) is 0 Å². The van der Waals surface area contributed by atoms with Crippen LogP contribution in [0.3, 0.4) is 0 Å². The van der Waals surface area contributed by atoms with Gasteiger partial charge in [-0.05, 0) is 32.2 Å². The van der Waals surface area contributed by atoms with E-state index in [1.54, 1.807) is 11.3 Å². The third-order valence-electron chi connectivity index (χ3n) is 3.08. The molecule has 0 bridgehead atoms. The van der Waals surface area contributed by atoms with E-state index in [1.165, 1.54) is 0 Å². The monoisotopic (exact) mass is 254 g/mol. The summed E-state index contributed by atoms with van der Waals surface area (Å²) in [6.07, 6.45) is 3.87. The number of hydrogen-bond acceptors (Lipinski definition) is 4. The lowest BCUT2D eigenvalue weighted by Crippen LogP contribution is -2.35. The van der Waals surface area contributed by atoms with Gasteiger partial charge in [-0.1, -0.05) is 6.92 Å². The van der Waals surface area contributed by atoms with Crippen LogP contribution in [0.15, 0.2) is 5.38 Å². The number of carboxylic acid groups (broad SMARTS) is 1. The van der Waals surface area contributed by atoms with Crippen LogP contribution in [-0.4, -0.2) is 33.5 Å². The molecule has 0 unspecified atom stereocenters. The van der Waals surface area contributed by atoms with Crippen LogP contribution in [0.4, 0.5) is 0 Å². The summed E-state index contributed by atoms with van der Waals surface area (Å²) in [6, 6.07) is -0.314. The molecule has 17 heavy (non-hydrogen) atoms. The summed E-state index contributed by atoms with van der Waals surface area (Å²) in [7, 11) is 0. The van der Waals surface area contributed by atoms with Crippen LogP contribution in [-0.2, 0) is 17.8 Å².